The number of pyridine rings is 1. The Morgan fingerprint density at radius 1 is 1.33 bits per heavy atom. The van der Waals surface area contributed by atoms with E-state index in [9.17, 15) is 4.79 Å². The summed E-state index contributed by atoms with van der Waals surface area (Å²) >= 11 is 6.05. The van der Waals surface area contributed by atoms with Crippen LogP contribution in [-0.4, -0.2) is 41.5 Å². The summed E-state index contributed by atoms with van der Waals surface area (Å²) in [5.41, 5.74) is 2.23. The number of carbonyl (C=O) groups excluding carboxylic acids is 1. The van der Waals surface area contributed by atoms with Crippen LogP contribution >= 0.6 is 11.6 Å². The molecule has 0 aliphatic carbocycles. The van der Waals surface area contributed by atoms with Gasteiger partial charge in [0.25, 0.3) is 5.91 Å². The van der Waals surface area contributed by atoms with Gasteiger partial charge in [-0.05, 0) is 63.5 Å². The molecule has 3 rings (SSSR count). The summed E-state index contributed by atoms with van der Waals surface area (Å²) in [7, 11) is 0. The Morgan fingerprint density at radius 3 is 2.79 bits per heavy atom. The number of likely N-dealkylation sites (tertiary alicyclic amines) is 1. The molecule has 4 nitrogen and oxygen atoms in total. The average Bonchev–Trinajstić information content (AvgIpc) is 3.09. The van der Waals surface area contributed by atoms with Gasteiger partial charge in [0, 0.05) is 23.0 Å². The van der Waals surface area contributed by atoms with E-state index in [2.05, 4.69) is 22.1 Å². The van der Waals surface area contributed by atoms with Crippen molar-refractivity contribution in [1.29, 1.82) is 0 Å². The second-order valence-electron chi connectivity index (χ2n) is 6.47. The molecule has 2 heterocycles. The van der Waals surface area contributed by atoms with E-state index in [1.54, 1.807) is 0 Å². The van der Waals surface area contributed by atoms with E-state index in [0.29, 0.717) is 23.2 Å². The fourth-order valence-corrected chi connectivity index (χ4v) is 3.60. The van der Waals surface area contributed by atoms with E-state index in [0.717, 1.165) is 36.1 Å². The molecule has 1 atom stereocenters. The number of nitrogens with zero attached hydrogens (tertiary/aromatic N) is 2. The van der Waals surface area contributed by atoms with Gasteiger partial charge in [-0.2, -0.15) is 0 Å². The zero-order chi connectivity index (χ0) is 17.1. The fourth-order valence-electron chi connectivity index (χ4n) is 3.42. The van der Waals surface area contributed by atoms with Crippen molar-refractivity contribution in [2.24, 2.45) is 0 Å². The quantitative estimate of drug-likeness (QED) is 0.896. The number of aryl methyl sites for hydroxylation is 1. The maximum Gasteiger partial charge on any atom is 0.253 e. The lowest BCUT2D eigenvalue weighted by Gasteiger charge is -2.26. The maximum atomic E-state index is 12.6. The minimum atomic E-state index is -0.0560. The molecule has 0 spiro atoms. The Labute approximate surface area is 148 Å². The molecule has 1 fully saturated rings. The molecule has 5 heteroatoms. The highest BCUT2D eigenvalue weighted by Crippen LogP contribution is 2.21. The van der Waals surface area contributed by atoms with Gasteiger partial charge in [0.05, 0.1) is 16.8 Å². The molecule has 24 heavy (non-hydrogen) atoms. The van der Waals surface area contributed by atoms with Crippen LogP contribution in [0.4, 0.5) is 0 Å². The van der Waals surface area contributed by atoms with Crippen LogP contribution in [0.1, 0.15) is 42.2 Å². The third-order valence-corrected chi connectivity index (χ3v) is 5.07. The van der Waals surface area contributed by atoms with E-state index in [-0.39, 0.29) is 5.91 Å². The van der Waals surface area contributed by atoms with Crippen molar-refractivity contribution in [2.75, 3.05) is 19.6 Å². The average molecular weight is 346 g/mol. The third-order valence-electron chi connectivity index (χ3n) is 4.84. The van der Waals surface area contributed by atoms with Crippen LogP contribution in [0.2, 0.25) is 5.02 Å². The minimum absolute atomic E-state index is 0.0560. The van der Waals surface area contributed by atoms with Gasteiger partial charge in [-0.1, -0.05) is 18.5 Å². The van der Waals surface area contributed by atoms with Gasteiger partial charge >= 0.3 is 0 Å². The van der Waals surface area contributed by atoms with E-state index in [1.807, 2.05) is 31.2 Å². The van der Waals surface area contributed by atoms with Crippen LogP contribution in [0.5, 0.6) is 0 Å². The van der Waals surface area contributed by atoms with Crippen LogP contribution in [0.15, 0.2) is 24.3 Å². The zero-order valence-electron chi connectivity index (χ0n) is 14.3. The number of nitrogens with one attached hydrogen (secondary N) is 1. The van der Waals surface area contributed by atoms with Crippen molar-refractivity contribution >= 4 is 28.4 Å². The molecule has 1 amide bonds. The number of carbonyl (C=O) groups is 1. The predicted molar refractivity (Wildman–Crippen MR) is 98.7 cm³/mol. The lowest BCUT2D eigenvalue weighted by Crippen LogP contribution is -2.42. The maximum absolute atomic E-state index is 12.6. The Balaban J connectivity index is 1.74. The van der Waals surface area contributed by atoms with E-state index in [4.69, 9.17) is 11.6 Å². The summed E-state index contributed by atoms with van der Waals surface area (Å²) in [5.74, 6) is -0.0560. The van der Waals surface area contributed by atoms with Crippen LogP contribution in [-0.2, 0) is 0 Å². The van der Waals surface area contributed by atoms with Crippen molar-refractivity contribution in [3.8, 4) is 0 Å². The molecule has 1 saturated heterocycles. The number of hydrogen-bond acceptors (Lipinski definition) is 3. The summed E-state index contributed by atoms with van der Waals surface area (Å²) in [5, 5.41) is 4.64. The summed E-state index contributed by atoms with van der Waals surface area (Å²) in [4.78, 5) is 19.6. The van der Waals surface area contributed by atoms with Crippen LogP contribution < -0.4 is 5.32 Å². The lowest BCUT2D eigenvalue weighted by atomic mass is 10.1. The van der Waals surface area contributed by atoms with Gasteiger partial charge in [-0.3, -0.25) is 14.7 Å². The first-order valence-corrected chi connectivity index (χ1v) is 9.05. The Kier molecular flexibility index (Phi) is 5.36. The predicted octanol–water partition coefficient (Wildman–Crippen LogP) is 3.80. The summed E-state index contributed by atoms with van der Waals surface area (Å²) < 4.78 is 0. The Bertz CT molecular complexity index is 741. The number of amides is 1. The van der Waals surface area contributed by atoms with E-state index < -0.39 is 0 Å². The molecule has 0 radical (unpaired) electrons. The Hall–Kier alpha value is -1.65. The number of aromatic nitrogens is 1. The number of benzene rings is 1. The number of hydrogen-bond donors (Lipinski definition) is 1. The topological polar surface area (TPSA) is 45.2 Å². The first-order chi connectivity index (χ1) is 11.6. The molecule has 1 aliphatic heterocycles. The Morgan fingerprint density at radius 2 is 2.08 bits per heavy atom. The molecule has 0 bridgehead atoms. The zero-order valence-corrected chi connectivity index (χ0v) is 15.1. The highest BCUT2D eigenvalue weighted by atomic mass is 35.5. The smallest absolute Gasteiger partial charge is 0.253 e. The fraction of sp³-hybridized carbons (Fsp3) is 0.474. The molecule has 1 N–H and O–H groups in total. The first-order valence-electron chi connectivity index (χ1n) is 8.67. The van der Waals surface area contributed by atoms with Crippen molar-refractivity contribution in [3.05, 3.63) is 40.5 Å². The highest BCUT2D eigenvalue weighted by Gasteiger charge is 2.21. The van der Waals surface area contributed by atoms with Gasteiger partial charge in [0.2, 0.25) is 0 Å². The molecule has 128 valence electrons. The SMILES string of the molecule is CCC(CNC(=O)c1cc2cc(Cl)ccc2nc1C)N1CCCC1. The number of halogens is 1. The normalized spacial score (nSPS) is 16.5. The molecule has 0 saturated carbocycles. The number of rotatable bonds is 5. The molecule has 1 aliphatic rings. The van der Waals surface area contributed by atoms with Crippen molar-refractivity contribution < 1.29 is 4.79 Å². The summed E-state index contributed by atoms with van der Waals surface area (Å²) in [6, 6.07) is 7.85. The standard InChI is InChI=1S/C19H24ClN3O/c1-3-16(23-8-4-5-9-23)12-21-19(24)17-11-14-10-15(20)6-7-18(14)22-13(17)2/h6-7,10-11,16H,3-5,8-9,12H2,1-2H3,(H,21,24). The summed E-state index contributed by atoms with van der Waals surface area (Å²) in [6.07, 6.45) is 3.57. The van der Waals surface area contributed by atoms with Crippen LogP contribution in [0.3, 0.4) is 0 Å². The van der Waals surface area contributed by atoms with Crippen LogP contribution in [0, 0.1) is 6.92 Å². The van der Waals surface area contributed by atoms with Crippen molar-refractivity contribution in [2.45, 2.75) is 39.2 Å². The monoisotopic (exact) mass is 345 g/mol. The van der Waals surface area contributed by atoms with Crippen LogP contribution in [0.25, 0.3) is 10.9 Å². The first kappa shape index (κ1) is 17.2. The second-order valence-corrected chi connectivity index (χ2v) is 6.91. The largest absolute Gasteiger partial charge is 0.350 e. The van der Waals surface area contributed by atoms with Crippen molar-refractivity contribution in [1.82, 2.24) is 15.2 Å². The minimum Gasteiger partial charge on any atom is -0.350 e. The van der Waals surface area contributed by atoms with E-state index in [1.165, 1.54) is 12.8 Å². The molecular weight excluding hydrogens is 322 g/mol. The molecule has 2 aromatic rings. The number of fused-ring (bicyclic) bond motifs is 1. The highest BCUT2D eigenvalue weighted by molar-refractivity contribution is 6.31. The van der Waals surface area contributed by atoms with Gasteiger partial charge in [-0.25, -0.2) is 0 Å². The van der Waals surface area contributed by atoms with Crippen molar-refractivity contribution in [3.63, 3.8) is 0 Å². The molecule has 1 aromatic carbocycles. The van der Waals surface area contributed by atoms with Gasteiger partial charge in [-0.15, -0.1) is 0 Å². The molecule has 1 aromatic heterocycles. The van der Waals surface area contributed by atoms with E-state index >= 15 is 0 Å². The summed E-state index contributed by atoms with van der Waals surface area (Å²) in [6.45, 7) is 7.02. The lowest BCUT2D eigenvalue weighted by molar-refractivity contribution is 0.0936. The third kappa shape index (κ3) is 3.70. The molecule has 1 unspecified atom stereocenters. The molecular formula is C19H24ClN3O. The van der Waals surface area contributed by atoms with Gasteiger partial charge < -0.3 is 5.32 Å². The van der Waals surface area contributed by atoms with Gasteiger partial charge in [0.15, 0.2) is 0 Å². The second kappa shape index (κ2) is 7.49. The van der Waals surface area contributed by atoms with Gasteiger partial charge in [0.1, 0.15) is 0 Å².